The lowest BCUT2D eigenvalue weighted by Crippen LogP contribution is -2.00. The number of hydrogen-bond acceptors (Lipinski definition) is 5. The molecule has 25 heavy (non-hydrogen) atoms. The SMILES string of the molecule is CS(=O)(=O)c1ccc(-c2ncc3ccn(Cc4cccs4)c3n2)cc1. The zero-order valence-corrected chi connectivity index (χ0v) is 15.1. The van der Waals surface area contributed by atoms with E-state index >= 15 is 0 Å². The predicted octanol–water partition coefficient (Wildman–Crippen LogP) is 3.61. The van der Waals surface area contributed by atoms with Crippen molar-refractivity contribution < 1.29 is 8.42 Å². The van der Waals surface area contributed by atoms with Crippen LogP contribution in [-0.4, -0.2) is 29.2 Å². The Bertz CT molecular complexity index is 1130. The minimum atomic E-state index is -3.21. The van der Waals surface area contributed by atoms with Crippen LogP contribution in [0.3, 0.4) is 0 Å². The van der Waals surface area contributed by atoms with E-state index in [1.54, 1.807) is 41.8 Å². The number of hydrogen-bond donors (Lipinski definition) is 0. The molecule has 0 saturated heterocycles. The molecule has 0 bridgehead atoms. The molecule has 1 aromatic carbocycles. The van der Waals surface area contributed by atoms with E-state index in [2.05, 4.69) is 26.0 Å². The highest BCUT2D eigenvalue weighted by Crippen LogP contribution is 2.22. The van der Waals surface area contributed by atoms with Gasteiger partial charge in [-0.3, -0.25) is 0 Å². The van der Waals surface area contributed by atoms with E-state index in [1.165, 1.54) is 11.1 Å². The first kappa shape index (κ1) is 16.0. The van der Waals surface area contributed by atoms with Crippen molar-refractivity contribution in [1.82, 2.24) is 14.5 Å². The fourth-order valence-corrected chi connectivity index (χ4v) is 3.99. The summed E-state index contributed by atoms with van der Waals surface area (Å²) in [6.07, 6.45) is 5.00. The molecule has 0 aliphatic carbocycles. The van der Waals surface area contributed by atoms with Crippen molar-refractivity contribution in [3.8, 4) is 11.4 Å². The fourth-order valence-electron chi connectivity index (χ4n) is 2.66. The molecule has 0 amide bonds. The fraction of sp³-hybridized carbons (Fsp3) is 0.111. The molecule has 0 saturated carbocycles. The summed E-state index contributed by atoms with van der Waals surface area (Å²) >= 11 is 1.71. The molecule has 4 aromatic rings. The average Bonchev–Trinajstić information content (AvgIpc) is 3.24. The van der Waals surface area contributed by atoms with Crippen LogP contribution < -0.4 is 0 Å². The third-order valence-electron chi connectivity index (χ3n) is 3.95. The Hall–Kier alpha value is -2.51. The van der Waals surface area contributed by atoms with Gasteiger partial charge in [0, 0.05) is 34.5 Å². The van der Waals surface area contributed by atoms with E-state index in [1.807, 2.05) is 18.3 Å². The van der Waals surface area contributed by atoms with Crippen LogP contribution in [0.1, 0.15) is 4.88 Å². The van der Waals surface area contributed by atoms with E-state index in [0.717, 1.165) is 23.1 Å². The maximum Gasteiger partial charge on any atom is 0.175 e. The van der Waals surface area contributed by atoms with Crippen molar-refractivity contribution in [2.24, 2.45) is 0 Å². The highest BCUT2D eigenvalue weighted by atomic mass is 32.2. The summed E-state index contributed by atoms with van der Waals surface area (Å²) in [4.78, 5) is 10.6. The van der Waals surface area contributed by atoms with E-state index in [4.69, 9.17) is 0 Å². The van der Waals surface area contributed by atoms with Crippen LogP contribution in [0.4, 0.5) is 0 Å². The van der Waals surface area contributed by atoms with Crippen LogP contribution in [0, 0.1) is 0 Å². The van der Waals surface area contributed by atoms with Gasteiger partial charge in [0.05, 0.1) is 11.4 Å². The Labute approximate surface area is 149 Å². The van der Waals surface area contributed by atoms with Crippen LogP contribution in [0.2, 0.25) is 0 Å². The van der Waals surface area contributed by atoms with Gasteiger partial charge >= 0.3 is 0 Å². The Morgan fingerprint density at radius 1 is 1.12 bits per heavy atom. The summed E-state index contributed by atoms with van der Waals surface area (Å²) in [5, 5.41) is 3.04. The van der Waals surface area contributed by atoms with Gasteiger partial charge in [0.15, 0.2) is 15.7 Å². The first-order chi connectivity index (χ1) is 12.0. The molecule has 0 spiro atoms. The maximum atomic E-state index is 11.6. The van der Waals surface area contributed by atoms with E-state index < -0.39 is 9.84 Å². The Morgan fingerprint density at radius 2 is 1.92 bits per heavy atom. The second kappa shape index (κ2) is 6.09. The maximum absolute atomic E-state index is 11.6. The molecule has 126 valence electrons. The van der Waals surface area contributed by atoms with E-state index in [-0.39, 0.29) is 0 Å². The molecular weight excluding hydrogens is 354 g/mol. The first-order valence-electron chi connectivity index (χ1n) is 7.65. The number of aromatic nitrogens is 3. The first-order valence-corrected chi connectivity index (χ1v) is 10.4. The van der Waals surface area contributed by atoms with Crippen molar-refractivity contribution in [2.75, 3.05) is 6.26 Å². The lowest BCUT2D eigenvalue weighted by atomic mass is 10.2. The van der Waals surface area contributed by atoms with E-state index in [9.17, 15) is 8.42 Å². The van der Waals surface area contributed by atoms with Crippen LogP contribution in [0.5, 0.6) is 0 Å². The smallest absolute Gasteiger partial charge is 0.175 e. The number of benzene rings is 1. The summed E-state index contributed by atoms with van der Waals surface area (Å²) in [6.45, 7) is 0.768. The van der Waals surface area contributed by atoms with Crippen molar-refractivity contribution in [1.29, 1.82) is 0 Å². The van der Waals surface area contributed by atoms with Crippen LogP contribution in [0.25, 0.3) is 22.4 Å². The number of rotatable bonds is 4. The van der Waals surface area contributed by atoms with Gasteiger partial charge in [0.25, 0.3) is 0 Å². The number of nitrogens with zero attached hydrogens (tertiary/aromatic N) is 3. The van der Waals surface area contributed by atoms with Crippen molar-refractivity contribution in [3.05, 3.63) is 65.1 Å². The molecule has 4 rings (SSSR count). The number of sulfone groups is 1. The summed E-state index contributed by atoms with van der Waals surface area (Å²) in [7, 11) is -3.21. The summed E-state index contributed by atoms with van der Waals surface area (Å²) in [5.41, 5.74) is 1.66. The molecular formula is C18H15N3O2S2. The topological polar surface area (TPSA) is 64.8 Å². The standard InChI is InChI=1S/C18H15N3O2S2/c1-25(22,23)16-6-4-13(5-7-16)17-19-11-14-8-9-21(18(14)20-17)12-15-3-2-10-24-15/h2-11H,12H2,1H3. The van der Waals surface area contributed by atoms with Crippen molar-refractivity contribution in [2.45, 2.75) is 11.4 Å². The number of fused-ring (bicyclic) bond motifs is 1. The minimum Gasteiger partial charge on any atom is -0.327 e. The zero-order valence-electron chi connectivity index (χ0n) is 13.5. The van der Waals surface area contributed by atoms with Gasteiger partial charge in [-0.1, -0.05) is 6.07 Å². The third-order valence-corrected chi connectivity index (χ3v) is 5.94. The molecule has 0 aliphatic rings. The van der Waals surface area contributed by atoms with Gasteiger partial charge in [-0.05, 0) is 41.8 Å². The lowest BCUT2D eigenvalue weighted by molar-refractivity contribution is 0.602. The quantitative estimate of drug-likeness (QED) is 0.551. The van der Waals surface area contributed by atoms with Crippen molar-refractivity contribution in [3.63, 3.8) is 0 Å². The molecule has 0 radical (unpaired) electrons. The third kappa shape index (κ3) is 3.20. The molecule has 0 unspecified atom stereocenters. The van der Waals surface area contributed by atoms with Crippen LogP contribution >= 0.6 is 11.3 Å². The zero-order chi connectivity index (χ0) is 17.4. The highest BCUT2D eigenvalue weighted by Gasteiger charge is 2.10. The molecule has 0 fully saturated rings. The largest absolute Gasteiger partial charge is 0.327 e. The molecule has 7 heteroatoms. The highest BCUT2D eigenvalue weighted by molar-refractivity contribution is 7.90. The molecule has 3 aromatic heterocycles. The lowest BCUT2D eigenvalue weighted by Gasteiger charge is -2.05. The molecule has 0 N–H and O–H groups in total. The van der Waals surface area contributed by atoms with Gasteiger partial charge in [-0.2, -0.15) is 0 Å². The van der Waals surface area contributed by atoms with Gasteiger partial charge < -0.3 is 4.57 Å². The minimum absolute atomic E-state index is 0.290. The monoisotopic (exact) mass is 369 g/mol. The number of thiophene rings is 1. The Balaban J connectivity index is 1.73. The van der Waals surface area contributed by atoms with Crippen LogP contribution in [0.15, 0.2) is 65.1 Å². The van der Waals surface area contributed by atoms with Gasteiger partial charge in [0.2, 0.25) is 0 Å². The molecule has 0 aliphatic heterocycles. The second-order valence-electron chi connectivity index (χ2n) is 5.79. The summed E-state index contributed by atoms with van der Waals surface area (Å²) in [6, 6.07) is 12.8. The average molecular weight is 369 g/mol. The molecule has 3 heterocycles. The van der Waals surface area contributed by atoms with Crippen LogP contribution in [-0.2, 0) is 16.4 Å². The molecule has 5 nitrogen and oxygen atoms in total. The normalized spacial score (nSPS) is 11.9. The Kier molecular flexibility index (Phi) is 3.89. The predicted molar refractivity (Wildman–Crippen MR) is 99.5 cm³/mol. The second-order valence-corrected chi connectivity index (χ2v) is 8.84. The summed E-state index contributed by atoms with van der Waals surface area (Å²) in [5.74, 6) is 0.582. The van der Waals surface area contributed by atoms with Gasteiger partial charge in [-0.15, -0.1) is 11.3 Å². The van der Waals surface area contributed by atoms with E-state index in [0.29, 0.717) is 10.7 Å². The van der Waals surface area contributed by atoms with Gasteiger partial charge in [-0.25, -0.2) is 18.4 Å². The molecule has 0 atom stereocenters. The Morgan fingerprint density at radius 3 is 2.60 bits per heavy atom. The van der Waals surface area contributed by atoms with Crippen molar-refractivity contribution >= 4 is 32.2 Å². The summed E-state index contributed by atoms with van der Waals surface area (Å²) < 4.78 is 25.3. The van der Waals surface area contributed by atoms with Gasteiger partial charge in [0.1, 0.15) is 5.65 Å².